The lowest BCUT2D eigenvalue weighted by atomic mass is 9.83. The van der Waals surface area contributed by atoms with Crippen LogP contribution < -0.4 is 0 Å². The van der Waals surface area contributed by atoms with Crippen LogP contribution in [0.3, 0.4) is 0 Å². The van der Waals surface area contributed by atoms with E-state index in [1.54, 1.807) is 6.92 Å². The van der Waals surface area contributed by atoms with Crippen molar-refractivity contribution in [3.8, 4) is 0 Å². The number of amides is 1. The molecular formula is C14H22FNO3. The molecule has 0 unspecified atom stereocenters. The van der Waals surface area contributed by atoms with Gasteiger partial charge < -0.3 is 4.74 Å². The number of Topliss-reactive ketones (excluding diaryl/α,β-unsaturated/α-hetero) is 1. The molecule has 2 rings (SSSR count). The zero-order valence-electron chi connectivity index (χ0n) is 11.9. The van der Waals surface area contributed by atoms with Crippen LogP contribution in [-0.4, -0.2) is 40.6 Å². The van der Waals surface area contributed by atoms with Crippen molar-refractivity contribution in [3.05, 3.63) is 0 Å². The Balaban J connectivity index is 2.19. The van der Waals surface area contributed by atoms with Crippen LogP contribution in [0.5, 0.6) is 0 Å². The van der Waals surface area contributed by atoms with Crippen molar-refractivity contribution in [2.24, 2.45) is 0 Å². The summed E-state index contributed by atoms with van der Waals surface area (Å²) in [4.78, 5) is 25.5. The van der Waals surface area contributed by atoms with Crippen molar-refractivity contribution in [1.29, 1.82) is 0 Å². The summed E-state index contributed by atoms with van der Waals surface area (Å²) < 4.78 is 19.4. The average Bonchev–Trinajstić information content (AvgIpc) is 2.57. The first-order chi connectivity index (χ1) is 8.85. The maximum atomic E-state index is 14.2. The Kier molecular flexibility index (Phi) is 3.58. The molecule has 108 valence electrons. The van der Waals surface area contributed by atoms with Gasteiger partial charge >= 0.3 is 6.09 Å². The van der Waals surface area contributed by atoms with Crippen LogP contribution in [0.25, 0.3) is 0 Å². The Morgan fingerprint density at radius 2 is 2.16 bits per heavy atom. The summed E-state index contributed by atoms with van der Waals surface area (Å²) >= 11 is 0. The highest BCUT2D eigenvalue weighted by atomic mass is 19.1. The van der Waals surface area contributed by atoms with Crippen molar-refractivity contribution in [2.45, 2.75) is 70.1 Å². The molecule has 2 saturated heterocycles. The monoisotopic (exact) mass is 271 g/mol. The Morgan fingerprint density at radius 1 is 1.47 bits per heavy atom. The minimum Gasteiger partial charge on any atom is -0.449 e. The maximum absolute atomic E-state index is 14.2. The number of halogens is 1. The Hall–Kier alpha value is -1.13. The molecule has 2 aliphatic heterocycles. The van der Waals surface area contributed by atoms with Crippen LogP contribution in [0.2, 0.25) is 0 Å². The molecule has 19 heavy (non-hydrogen) atoms. The highest BCUT2D eigenvalue weighted by molar-refractivity contribution is 5.89. The molecule has 2 aliphatic rings. The largest absolute Gasteiger partial charge is 0.449 e. The van der Waals surface area contributed by atoms with E-state index >= 15 is 0 Å². The average molecular weight is 271 g/mol. The number of carbonyl (C=O) groups is 2. The number of rotatable bonds is 3. The Bertz CT molecular complexity index is 400. The third-order valence-electron chi connectivity index (χ3n) is 4.51. The molecule has 0 aliphatic carbocycles. The third kappa shape index (κ3) is 2.13. The van der Waals surface area contributed by atoms with E-state index in [1.807, 2.05) is 13.8 Å². The van der Waals surface area contributed by atoms with Gasteiger partial charge in [-0.3, -0.25) is 9.69 Å². The fraction of sp³-hybridized carbons (Fsp3) is 0.857. The first-order valence-electron chi connectivity index (χ1n) is 6.99. The number of ether oxygens (including phenoxy) is 1. The van der Waals surface area contributed by atoms with E-state index in [4.69, 9.17) is 4.74 Å². The second-order valence-corrected chi connectivity index (χ2v) is 6.16. The highest BCUT2D eigenvalue weighted by Gasteiger charge is 2.63. The molecule has 0 spiro atoms. The summed E-state index contributed by atoms with van der Waals surface area (Å²) in [5.41, 5.74) is -1.62. The van der Waals surface area contributed by atoms with Gasteiger partial charge in [0.2, 0.25) is 0 Å². The maximum Gasteiger partial charge on any atom is 0.410 e. The van der Waals surface area contributed by atoms with Gasteiger partial charge in [-0.05, 0) is 33.1 Å². The van der Waals surface area contributed by atoms with E-state index in [0.717, 1.165) is 12.8 Å². The molecule has 1 amide bonds. The van der Waals surface area contributed by atoms with Crippen LogP contribution in [0.4, 0.5) is 9.18 Å². The quantitative estimate of drug-likeness (QED) is 0.741. The normalized spacial score (nSPS) is 37.6. The summed E-state index contributed by atoms with van der Waals surface area (Å²) in [5, 5.41) is 0. The van der Waals surface area contributed by atoms with Crippen molar-refractivity contribution in [3.63, 3.8) is 0 Å². The first kappa shape index (κ1) is 14.3. The molecule has 0 radical (unpaired) electrons. The molecule has 0 N–H and O–H groups in total. The summed E-state index contributed by atoms with van der Waals surface area (Å²) in [6, 6.07) is 0. The van der Waals surface area contributed by atoms with Crippen LogP contribution in [0.1, 0.15) is 52.9 Å². The van der Waals surface area contributed by atoms with Crippen molar-refractivity contribution in [2.75, 3.05) is 6.61 Å². The molecule has 5 heteroatoms. The zero-order chi connectivity index (χ0) is 14.3. The Labute approximate surface area is 113 Å². The standard InChI is InChI=1S/C14H22FNO3/c1-4-5-8-19-12(18)16-13(2)6-7-14(16,3)11(15)10(17)9-13/h11H,4-9H2,1-3H3/t11-,13-,14+/m1/s1. The lowest BCUT2D eigenvalue weighted by Crippen LogP contribution is -2.65. The van der Waals surface area contributed by atoms with Crippen LogP contribution >= 0.6 is 0 Å². The van der Waals surface area contributed by atoms with Gasteiger partial charge in [0.1, 0.15) is 0 Å². The second kappa shape index (κ2) is 4.76. The molecule has 3 atom stereocenters. The third-order valence-corrected chi connectivity index (χ3v) is 4.51. The lowest BCUT2D eigenvalue weighted by molar-refractivity contribution is -0.138. The van der Waals surface area contributed by atoms with Gasteiger partial charge in [0.15, 0.2) is 12.0 Å². The number of unbranched alkanes of at least 4 members (excludes halogenated alkanes) is 1. The fourth-order valence-corrected chi connectivity index (χ4v) is 3.38. The van der Waals surface area contributed by atoms with Gasteiger partial charge in [0, 0.05) is 6.42 Å². The molecule has 2 fully saturated rings. The molecule has 4 nitrogen and oxygen atoms in total. The summed E-state index contributed by atoms with van der Waals surface area (Å²) in [6.07, 6.45) is 0.912. The molecule has 0 aromatic carbocycles. The minimum atomic E-state index is -1.60. The number of fused-ring (bicyclic) bond motifs is 2. The first-order valence-corrected chi connectivity index (χ1v) is 6.99. The van der Waals surface area contributed by atoms with E-state index in [0.29, 0.717) is 19.4 Å². The van der Waals surface area contributed by atoms with Gasteiger partial charge in [0.05, 0.1) is 17.7 Å². The number of ketones is 1. The molecule has 0 aromatic heterocycles. The van der Waals surface area contributed by atoms with Crippen LogP contribution in [0, 0.1) is 0 Å². The smallest absolute Gasteiger partial charge is 0.410 e. The fourth-order valence-electron chi connectivity index (χ4n) is 3.38. The van der Waals surface area contributed by atoms with Gasteiger partial charge in [-0.2, -0.15) is 0 Å². The summed E-state index contributed by atoms with van der Waals surface area (Å²) in [5.74, 6) is -0.389. The van der Waals surface area contributed by atoms with E-state index in [9.17, 15) is 14.0 Å². The SMILES string of the molecule is CCCCOC(=O)N1[C@]2(C)CC[C@@]1(C)[C@H](F)C(=O)C2. The number of carbonyl (C=O) groups excluding carboxylic acids is 2. The number of nitrogens with zero attached hydrogens (tertiary/aromatic N) is 1. The van der Waals surface area contributed by atoms with Gasteiger partial charge in [-0.1, -0.05) is 13.3 Å². The molecule has 2 bridgehead atoms. The van der Waals surface area contributed by atoms with Gasteiger partial charge in [-0.15, -0.1) is 0 Å². The molecule has 2 heterocycles. The van der Waals surface area contributed by atoms with Crippen molar-refractivity contribution < 1.29 is 18.7 Å². The van der Waals surface area contributed by atoms with E-state index in [2.05, 4.69) is 0 Å². The van der Waals surface area contributed by atoms with Crippen molar-refractivity contribution in [1.82, 2.24) is 4.90 Å². The number of alkyl halides is 1. The summed E-state index contributed by atoms with van der Waals surface area (Å²) in [6.45, 7) is 5.87. The topological polar surface area (TPSA) is 46.6 Å². The van der Waals surface area contributed by atoms with E-state index in [-0.39, 0.29) is 12.2 Å². The van der Waals surface area contributed by atoms with E-state index < -0.39 is 23.3 Å². The Morgan fingerprint density at radius 3 is 2.79 bits per heavy atom. The highest BCUT2D eigenvalue weighted by Crippen LogP contribution is 2.50. The van der Waals surface area contributed by atoms with Crippen molar-refractivity contribution >= 4 is 11.9 Å². The minimum absolute atomic E-state index is 0.0899. The summed E-state index contributed by atoms with van der Waals surface area (Å²) in [7, 11) is 0. The van der Waals surface area contributed by atoms with Crippen LogP contribution in [-0.2, 0) is 9.53 Å². The molecular weight excluding hydrogens is 249 g/mol. The van der Waals surface area contributed by atoms with E-state index in [1.165, 1.54) is 4.90 Å². The predicted molar refractivity (Wildman–Crippen MR) is 68.7 cm³/mol. The number of piperidine rings is 1. The van der Waals surface area contributed by atoms with Crippen LogP contribution in [0.15, 0.2) is 0 Å². The van der Waals surface area contributed by atoms with Gasteiger partial charge in [-0.25, -0.2) is 9.18 Å². The second-order valence-electron chi connectivity index (χ2n) is 6.16. The molecule has 0 saturated carbocycles. The zero-order valence-corrected chi connectivity index (χ0v) is 11.9. The number of hydrogen-bond acceptors (Lipinski definition) is 3. The molecule has 0 aromatic rings. The predicted octanol–water partition coefficient (Wildman–Crippen LogP) is 2.85. The lowest BCUT2D eigenvalue weighted by Gasteiger charge is -2.47. The van der Waals surface area contributed by atoms with Gasteiger partial charge in [0.25, 0.3) is 0 Å². The number of hydrogen-bond donors (Lipinski definition) is 0.